The Hall–Kier alpha value is -4.89. The van der Waals surface area contributed by atoms with E-state index in [1.54, 1.807) is 50.2 Å². The molecule has 23 nitrogen and oxygen atoms in total. The summed E-state index contributed by atoms with van der Waals surface area (Å²) in [7, 11) is 0. The molecular weight excluding hydrogens is 901 g/mol. The molecule has 2 fully saturated rings. The van der Waals surface area contributed by atoms with Gasteiger partial charge >= 0.3 is 0 Å². The van der Waals surface area contributed by atoms with Crippen molar-refractivity contribution in [2.45, 2.75) is 101 Å². The van der Waals surface area contributed by atoms with E-state index in [0.29, 0.717) is 29.7 Å². The Morgan fingerprint density at radius 3 is 1.56 bits per heavy atom. The van der Waals surface area contributed by atoms with Gasteiger partial charge in [0.1, 0.15) is 53.9 Å². The number of hydrogen-bond acceptors (Lipinski definition) is 19. The van der Waals surface area contributed by atoms with Gasteiger partial charge in [0.15, 0.2) is 25.8 Å². The van der Waals surface area contributed by atoms with Crippen molar-refractivity contribution in [2.75, 3.05) is 79.0 Å². The molecule has 2 heterocycles. The fourth-order valence-electron chi connectivity index (χ4n) is 6.67. The Kier molecular flexibility index (Phi) is 23.9. The summed E-state index contributed by atoms with van der Waals surface area (Å²) in [4.78, 5) is 61.6. The van der Waals surface area contributed by atoms with Crippen molar-refractivity contribution < 1.29 is 92.5 Å². The second kappa shape index (κ2) is 29.2. The molecular formula is C45H66N4O19. The predicted molar refractivity (Wildman–Crippen MR) is 237 cm³/mol. The quantitative estimate of drug-likeness (QED) is 0.0382. The van der Waals surface area contributed by atoms with E-state index < -0.39 is 85.7 Å². The minimum Gasteiger partial charge on any atom is -0.484 e. The van der Waals surface area contributed by atoms with E-state index >= 15 is 0 Å². The largest absolute Gasteiger partial charge is 0.484 e. The fourth-order valence-corrected chi connectivity index (χ4v) is 6.67. The molecule has 4 rings (SSSR count). The molecule has 4 amide bonds. The van der Waals surface area contributed by atoms with Crippen LogP contribution in [0.1, 0.15) is 50.4 Å². The Morgan fingerprint density at radius 1 is 0.529 bits per heavy atom. The Balaban J connectivity index is 1.22. The van der Waals surface area contributed by atoms with Gasteiger partial charge in [0.2, 0.25) is 5.91 Å². The molecule has 10 N–H and O–H groups in total. The Bertz CT molecular complexity index is 1890. The molecule has 0 radical (unpaired) electrons. The van der Waals surface area contributed by atoms with E-state index in [-0.39, 0.29) is 102 Å². The normalized spacial score (nSPS) is 24.7. The molecule has 0 spiro atoms. The Labute approximate surface area is 393 Å². The van der Waals surface area contributed by atoms with Crippen LogP contribution >= 0.6 is 0 Å². The summed E-state index contributed by atoms with van der Waals surface area (Å²) in [6.07, 6.45) is -11.0. The molecule has 23 heteroatoms. The molecule has 2 aliphatic rings. The summed E-state index contributed by atoms with van der Waals surface area (Å²) in [5.74, 6) is -1.02. The Morgan fingerprint density at radius 2 is 1.03 bits per heavy atom. The van der Waals surface area contributed by atoms with Crippen molar-refractivity contribution in [1.82, 2.24) is 21.3 Å². The lowest BCUT2D eigenvalue weighted by atomic mass is 10.0. The van der Waals surface area contributed by atoms with Crippen molar-refractivity contribution in [1.29, 1.82) is 0 Å². The molecule has 0 bridgehead atoms. The third-order valence-corrected chi connectivity index (χ3v) is 10.5. The van der Waals surface area contributed by atoms with Gasteiger partial charge in [0.25, 0.3) is 17.7 Å². The number of ether oxygens (including phenoxy) is 8. The van der Waals surface area contributed by atoms with Crippen molar-refractivity contribution in [3.05, 3.63) is 48.0 Å². The number of hydrogen-bond donors (Lipinski definition) is 10. The third kappa shape index (κ3) is 18.9. The molecule has 0 aliphatic carbocycles. The zero-order valence-electron chi connectivity index (χ0n) is 38.4. The number of amides is 4. The van der Waals surface area contributed by atoms with Gasteiger partial charge in [-0.15, -0.1) is 0 Å². The number of ketones is 1. The highest BCUT2D eigenvalue weighted by Gasteiger charge is 2.43. The maximum Gasteiger partial charge on any atom is 0.258 e. The summed E-state index contributed by atoms with van der Waals surface area (Å²) in [5.41, 5.74) is 1.40. The first-order valence-corrected chi connectivity index (χ1v) is 22.4. The van der Waals surface area contributed by atoms with Crippen LogP contribution in [0.2, 0.25) is 0 Å². The van der Waals surface area contributed by atoms with E-state index in [9.17, 15) is 54.6 Å². The number of carbonyl (C=O) groups is 5. The minimum absolute atomic E-state index is 0.00385. The summed E-state index contributed by atoms with van der Waals surface area (Å²) in [6.45, 7) is 4.92. The first-order chi connectivity index (χ1) is 32.5. The molecule has 0 unspecified atom stereocenters. The summed E-state index contributed by atoms with van der Waals surface area (Å²) >= 11 is 0. The number of aliphatic hydroxyl groups excluding tert-OH is 6. The number of benzene rings is 2. The lowest BCUT2D eigenvalue weighted by Gasteiger charge is -2.38. The van der Waals surface area contributed by atoms with Crippen molar-refractivity contribution in [2.24, 2.45) is 0 Å². The van der Waals surface area contributed by atoms with Gasteiger partial charge in [0, 0.05) is 44.6 Å². The molecule has 380 valence electrons. The number of Topliss-reactive ketones (excluding diaryl/α,β-unsaturated/α-hetero) is 1. The first-order valence-electron chi connectivity index (χ1n) is 22.4. The molecule has 2 aromatic carbocycles. The van der Waals surface area contributed by atoms with E-state index in [0.717, 1.165) is 0 Å². The van der Waals surface area contributed by atoms with Crippen molar-refractivity contribution in [3.8, 4) is 22.6 Å². The van der Waals surface area contributed by atoms with Crippen LogP contribution in [0.25, 0.3) is 11.1 Å². The van der Waals surface area contributed by atoms with E-state index in [2.05, 4.69) is 21.3 Å². The zero-order chi connectivity index (χ0) is 49.6. The van der Waals surface area contributed by atoms with Gasteiger partial charge in [0.05, 0.1) is 51.8 Å². The maximum absolute atomic E-state index is 13.3. The smallest absolute Gasteiger partial charge is 0.258 e. The van der Waals surface area contributed by atoms with Crippen LogP contribution < -0.4 is 30.7 Å². The molecule has 2 aliphatic heterocycles. The van der Waals surface area contributed by atoms with Crippen molar-refractivity contribution >= 4 is 29.4 Å². The number of rotatable bonds is 29. The van der Waals surface area contributed by atoms with Gasteiger partial charge in [-0.1, -0.05) is 12.1 Å². The van der Waals surface area contributed by atoms with Crippen LogP contribution in [0.3, 0.4) is 0 Å². The standard InChI is InChI=1S/C45H66N4O19/c1-26(50)5-4-6-34(51)46-11-12-49-43(60)31-21-30(22-33(23-31)66-25-36(53)48-14-16-62-18-20-64-45-42(59)40(57)38(55)28(3)68-45)29-7-9-32(10-8-29)65-24-35(52)47-13-15-61-17-19-63-44-41(58)39(56)37(54)27(2)67-44/h7-10,21-23,27-28,37-42,44-45,54-59H,4-6,11-20,24-25H2,1-3H3,(H,46,51)(H,47,52)(H,48,53)(H,49,60)/t27-,28-,37-,38-,39+,40+,41+,42+,44+,45+/m0/s1. The van der Waals surface area contributed by atoms with Crippen LogP contribution in [0.4, 0.5) is 0 Å². The van der Waals surface area contributed by atoms with Crippen molar-refractivity contribution in [3.63, 3.8) is 0 Å². The lowest BCUT2D eigenvalue weighted by Crippen LogP contribution is -2.57. The topological polar surface area (TPSA) is 329 Å². The highest BCUT2D eigenvalue weighted by molar-refractivity contribution is 5.96. The van der Waals surface area contributed by atoms with E-state index in [4.69, 9.17) is 37.9 Å². The molecule has 0 aromatic heterocycles. The molecule has 2 aromatic rings. The highest BCUT2D eigenvalue weighted by Crippen LogP contribution is 2.28. The molecule has 0 saturated carbocycles. The van der Waals surface area contributed by atoms with Crippen LogP contribution in [0, 0.1) is 0 Å². The summed E-state index contributed by atoms with van der Waals surface area (Å²) < 4.78 is 43.9. The summed E-state index contributed by atoms with van der Waals surface area (Å²) in [5, 5.41) is 70.3. The number of aliphatic hydroxyl groups is 6. The molecule has 2 saturated heterocycles. The monoisotopic (exact) mass is 966 g/mol. The van der Waals surface area contributed by atoms with Gasteiger partial charge in [-0.2, -0.15) is 0 Å². The fraction of sp³-hybridized carbons (Fsp3) is 0.622. The minimum atomic E-state index is -1.44. The predicted octanol–water partition coefficient (Wildman–Crippen LogP) is -2.33. The lowest BCUT2D eigenvalue weighted by molar-refractivity contribution is -0.294. The highest BCUT2D eigenvalue weighted by atomic mass is 16.7. The van der Waals surface area contributed by atoms with Crippen LogP contribution in [0.15, 0.2) is 42.5 Å². The second-order valence-electron chi connectivity index (χ2n) is 16.0. The summed E-state index contributed by atoms with van der Waals surface area (Å²) in [6, 6.07) is 11.4. The van der Waals surface area contributed by atoms with Crippen LogP contribution in [-0.4, -0.2) is 200 Å². The molecule has 68 heavy (non-hydrogen) atoms. The third-order valence-electron chi connectivity index (χ3n) is 10.5. The van der Waals surface area contributed by atoms with Gasteiger partial charge < -0.3 is 94.6 Å². The van der Waals surface area contributed by atoms with Crippen LogP contribution in [-0.2, 0) is 47.6 Å². The number of carbonyl (C=O) groups excluding carboxylic acids is 5. The average Bonchev–Trinajstić information content (AvgIpc) is 3.32. The van der Waals surface area contributed by atoms with Gasteiger partial charge in [-0.3, -0.25) is 19.2 Å². The van der Waals surface area contributed by atoms with E-state index in [1.165, 1.54) is 13.0 Å². The van der Waals surface area contributed by atoms with Crippen LogP contribution in [0.5, 0.6) is 11.5 Å². The number of nitrogens with one attached hydrogen (secondary N) is 4. The second-order valence-corrected chi connectivity index (χ2v) is 16.0. The van der Waals surface area contributed by atoms with Gasteiger partial charge in [-0.25, -0.2) is 0 Å². The van der Waals surface area contributed by atoms with E-state index in [1.807, 2.05) is 0 Å². The zero-order valence-corrected chi connectivity index (χ0v) is 38.4. The first kappa shape index (κ1) is 55.7. The molecule has 10 atom stereocenters. The SMILES string of the molecule is CC(=O)CCCC(=O)NCCNC(=O)c1cc(OCC(=O)NCCOCCO[C@@H]2O[C@@H](C)[C@H](O)[C@@H](O)[C@H]2O)cc(-c2ccc(OCC(=O)NCCOCCO[C@@H]3O[C@@H](C)[C@H](O)[C@@H](O)[C@H]3O)cc2)c1. The average molecular weight is 967 g/mol. The maximum atomic E-state index is 13.3. The van der Waals surface area contributed by atoms with Gasteiger partial charge in [-0.05, 0) is 68.7 Å².